The van der Waals surface area contributed by atoms with Gasteiger partial charge in [0.05, 0.1) is 0 Å². The topological polar surface area (TPSA) is 78.6 Å². The van der Waals surface area contributed by atoms with Crippen LogP contribution in [0.25, 0.3) is 0 Å². The Morgan fingerprint density at radius 1 is 1.00 bits per heavy atom. The van der Waals surface area contributed by atoms with Gasteiger partial charge in [-0.2, -0.15) is 0 Å². The summed E-state index contributed by atoms with van der Waals surface area (Å²) < 4.78 is 85.1. The third-order valence-corrected chi connectivity index (χ3v) is 5.86. The summed E-state index contributed by atoms with van der Waals surface area (Å²) in [5.41, 5.74) is -0.146. The number of hydrogen-bond donors (Lipinski definition) is 0. The van der Waals surface area contributed by atoms with E-state index in [4.69, 9.17) is 0 Å². The standard InChI is InChI=1S/C9H6F6INO5/c1-3-5(4(2)22-17-3)16(20-6(18)8(10,11)12)21-7(19)9(13,14)15/h1-2H3. The van der Waals surface area contributed by atoms with Crippen LogP contribution in [0, 0.1) is 17.4 Å². The zero-order valence-electron chi connectivity index (χ0n) is 10.6. The third-order valence-electron chi connectivity index (χ3n) is 1.84. The van der Waals surface area contributed by atoms with Crippen molar-refractivity contribution >= 4 is 32.6 Å². The number of aryl methyl sites for hydroxylation is 2. The molecule has 0 aliphatic carbocycles. The van der Waals surface area contributed by atoms with Gasteiger partial charge in [-0.3, -0.25) is 0 Å². The molecule has 0 fully saturated rings. The fourth-order valence-electron chi connectivity index (χ4n) is 1.000. The summed E-state index contributed by atoms with van der Waals surface area (Å²) in [6.07, 6.45) is -10.9. The molecule has 126 valence electrons. The first kappa shape index (κ1) is 18.5. The van der Waals surface area contributed by atoms with E-state index in [1.165, 1.54) is 6.92 Å². The van der Waals surface area contributed by atoms with E-state index in [0.717, 1.165) is 6.92 Å². The number of halogens is 7. The second-order valence-corrected chi connectivity index (χ2v) is 6.78. The van der Waals surface area contributed by atoms with Crippen LogP contribution in [0.3, 0.4) is 0 Å². The van der Waals surface area contributed by atoms with Crippen LogP contribution in [0.15, 0.2) is 4.52 Å². The zero-order chi connectivity index (χ0) is 17.3. The predicted octanol–water partition coefficient (Wildman–Crippen LogP) is 3.01. The monoisotopic (exact) mass is 449 g/mol. The van der Waals surface area contributed by atoms with Gasteiger partial charge in [-0.1, -0.05) is 0 Å². The number of alkyl halides is 6. The molecule has 13 heteroatoms. The van der Waals surface area contributed by atoms with Gasteiger partial charge in [0.1, 0.15) is 0 Å². The number of nitrogens with zero attached hydrogens (tertiary/aromatic N) is 1. The molecule has 0 unspecified atom stereocenters. The Balaban J connectivity index is 3.12. The Morgan fingerprint density at radius 3 is 1.68 bits per heavy atom. The normalized spacial score (nSPS) is 12.8. The molecule has 0 saturated carbocycles. The van der Waals surface area contributed by atoms with Crippen molar-refractivity contribution in [3.05, 3.63) is 15.0 Å². The fourth-order valence-corrected chi connectivity index (χ4v) is 4.21. The molecule has 6 nitrogen and oxygen atoms in total. The zero-order valence-corrected chi connectivity index (χ0v) is 12.8. The van der Waals surface area contributed by atoms with Gasteiger partial charge in [0.25, 0.3) is 0 Å². The molecule has 0 aliphatic rings. The molecule has 0 N–H and O–H groups in total. The average Bonchev–Trinajstić information content (AvgIpc) is 2.65. The van der Waals surface area contributed by atoms with Crippen LogP contribution in [0.2, 0.25) is 0 Å². The van der Waals surface area contributed by atoms with Gasteiger partial charge in [0, 0.05) is 0 Å². The molecule has 0 amide bonds. The molecule has 0 atom stereocenters. The van der Waals surface area contributed by atoms with Crippen LogP contribution >= 0.6 is 20.6 Å². The summed E-state index contributed by atoms with van der Waals surface area (Å²) in [5, 5.41) is 3.30. The number of aromatic nitrogens is 1. The van der Waals surface area contributed by atoms with Gasteiger partial charge in [-0.25, -0.2) is 0 Å². The Labute approximate surface area is 126 Å². The summed E-state index contributed by atoms with van der Waals surface area (Å²) >= 11 is -4.44. The van der Waals surface area contributed by atoms with Gasteiger partial charge in [-0.15, -0.1) is 0 Å². The molecule has 22 heavy (non-hydrogen) atoms. The third kappa shape index (κ3) is 4.48. The van der Waals surface area contributed by atoms with Crippen LogP contribution < -0.4 is 0 Å². The minimum absolute atomic E-state index is 0.146. The molecule has 0 aromatic carbocycles. The predicted molar refractivity (Wildman–Crippen MR) is 63.0 cm³/mol. The van der Waals surface area contributed by atoms with Gasteiger partial charge < -0.3 is 0 Å². The Hall–Kier alpha value is -1.54. The SMILES string of the molecule is Cc1noc(C)c1I(OC(=O)C(F)(F)F)OC(=O)C(F)(F)F. The molecule has 1 aromatic rings. The first-order valence-electron chi connectivity index (χ1n) is 5.06. The molecule has 1 heterocycles. The van der Waals surface area contributed by atoms with E-state index >= 15 is 0 Å². The van der Waals surface area contributed by atoms with Crippen molar-refractivity contribution in [2.45, 2.75) is 26.2 Å². The number of hydrogen-bond acceptors (Lipinski definition) is 6. The van der Waals surface area contributed by atoms with Crippen LogP contribution in [0.5, 0.6) is 0 Å². The van der Waals surface area contributed by atoms with E-state index in [1.807, 2.05) is 0 Å². The Kier molecular flexibility index (Phi) is 5.30. The minimum atomic E-state index is -5.46. The summed E-state index contributed by atoms with van der Waals surface area (Å²) in [4.78, 5) is 21.6. The number of carbonyl (C=O) groups excluding carboxylic acids is 2. The van der Waals surface area contributed by atoms with Crippen LogP contribution in [-0.4, -0.2) is 29.4 Å². The maximum absolute atomic E-state index is 12.2. The summed E-state index contributed by atoms with van der Waals surface area (Å²) in [7, 11) is 0. The molecular weight excluding hydrogens is 443 g/mol. The summed E-state index contributed by atoms with van der Waals surface area (Å²) in [6, 6.07) is 0. The van der Waals surface area contributed by atoms with E-state index < -0.39 is 44.9 Å². The number of carbonyl (C=O) groups is 2. The van der Waals surface area contributed by atoms with Gasteiger partial charge in [0.15, 0.2) is 0 Å². The van der Waals surface area contributed by atoms with Gasteiger partial charge in [-0.05, 0) is 0 Å². The second kappa shape index (κ2) is 6.29. The molecule has 0 aliphatic heterocycles. The van der Waals surface area contributed by atoms with Crippen LogP contribution in [-0.2, 0) is 15.7 Å². The van der Waals surface area contributed by atoms with Crippen molar-refractivity contribution in [2.24, 2.45) is 0 Å². The molecular formula is C9H6F6INO5. The van der Waals surface area contributed by atoms with E-state index in [1.54, 1.807) is 0 Å². The van der Waals surface area contributed by atoms with Crippen LogP contribution in [0.1, 0.15) is 11.5 Å². The summed E-state index contributed by atoms with van der Waals surface area (Å²) in [5.74, 6) is -5.76. The molecule has 0 radical (unpaired) electrons. The van der Waals surface area contributed by atoms with Gasteiger partial charge in [0.2, 0.25) is 0 Å². The number of rotatable bonds is 3. The Morgan fingerprint density at radius 2 is 1.41 bits per heavy atom. The molecule has 0 spiro atoms. The van der Waals surface area contributed by atoms with Crippen LogP contribution in [0.4, 0.5) is 26.3 Å². The summed E-state index contributed by atoms with van der Waals surface area (Å²) in [6.45, 7) is 2.34. The second-order valence-electron chi connectivity index (χ2n) is 3.58. The van der Waals surface area contributed by atoms with E-state index in [9.17, 15) is 35.9 Å². The molecule has 1 aromatic heterocycles. The fraction of sp³-hybridized carbons (Fsp3) is 0.444. The quantitative estimate of drug-likeness (QED) is 0.522. The van der Waals surface area contributed by atoms with Crippen molar-refractivity contribution in [2.75, 3.05) is 0 Å². The van der Waals surface area contributed by atoms with Crippen molar-refractivity contribution in [3.8, 4) is 0 Å². The molecule has 0 bridgehead atoms. The molecule has 1 rings (SSSR count). The van der Waals surface area contributed by atoms with E-state index in [0.29, 0.717) is 0 Å². The average molecular weight is 449 g/mol. The molecule has 0 saturated heterocycles. The maximum atomic E-state index is 12.2. The van der Waals surface area contributed by atoms with Crippen molar-refractivity contribution in [1.29, 1.82) is 0 Å². The van der Waals surface area contributed by atoms with E-state index in [-0.39, 0.29) is 15.0 Å². The van der Waals surface area contributed by atoms with Crippen molar-refractivity contribution in [1.82, 2.24) is 5.16 Å². The first-order valence-corrected chi connectivity index (χ1v) is 7.90. The first-order chi connectivity index (χ1) is 9.84. The van der Waals surface area contributed by atoms with Gasteiger partial charge >= 0.3 is 126 Å². The van der Waals surface area contributed by atoms with Crippen molar-refractivity contribution in [3.63, 3.8) is 0 Å². The Bertz CT molecular complexity index is 533. The van der Waals surface area contributed by atoms with Crippen molar-refractivity contribution < 1.29 is 46.6 Å². The van der Waals surface area contributed by atoms with E-state index in [2.05, 4.69) is 15.8 Å².